The molecule has 0 aliphatic heterocycles. The van der Waals surface area contributed by atoms with Crippen LogP contribution in [-0.4, -0.2) is 11.9 Å². The number of carbonyl (C=O) groups is 1. The molecule has 0 aromatic heterocycles. The first-order chi connectivity index (χ1) is 7.75. The first-order valence-electron chi connectivity index (χ1n) is 7.06. The van der Waals surface area contributed by atoms with Gasteiger partial charge in [0, 0.05) is 12.0 Å². The number of amides is 1. The molecule has 3 rings (SSSR count). The lowest BCUT2D eigenvalue weighted by Gasteiger charge is -2.12. The van der Waals surface area contributed by atoms with Gasteiger partial charge in [-0.15, -0.1) is 0 Å². The molecule has 0 radical (unpaired) electrons. The van der Waals surface area contributed by atoms with Crippen molar-refractivity contribution in [2.75, 3.05) is 0 Å². The number of hydrogen-bond acceptors (Lipinski definition) is 1. The second-order valence-electron chi connectivity index (χ2n) is 6.26. The van der Waals surface area contributed by atoms with Crippen molar-refractivity contribution in [3.63, 3.8) is 0 Å². The van der Waals surface area contributed by atoms with E-state index in [4.69, 9.17) is 0 Å². The van der Waals surface area contributed by atoms with Gasteiger partial charge in [-0.2, -0.15) is 0 Å². The molecule has 3 aliphatic carbocycles. The van der Waals surface area contributed by atoms with Gasteiger partial charge in [0.15, 0.2) is 0 Å². The van der Waals surface area contributed by atoms with Gasteiger partial charge in [-0.05, 0) is 49.9 Å². The van der Waals surface area contributed by atoms with E-state index < -0.39 is 0 Å². The fraction of sp³-hybridized carbons (Fsp3) is 0.929. The summed E-state index contributed by atoms with van der Waals surface area (Å²) >= 11 is 0. The molecule has 16 heavy (non-hydrogen) atoms. The van der Waals surface area contributed by atoms with Gasteiger partial charge in [-0.25, -0.2) is 0 Å². The van der Waals surface area contributed by atoms with Crippen LogP contribution in [0.3, 0.4) is 0 Å². The quantitative estimate of drug-likeness (QED) is 0.763. The molecule has 4 unspecified atom stereocenters. The van der Waals surface area contributed by atoms with E-state index >= 15 is 0 Å². The Labute approximate surface area is 98.2 Å². The Morgan fingerprint density at radius 2 is 1.75 bits per heavy atom. The summed E-state index contributed by atoms with van der Waals surface area (Å²) in [5.74, 6) is 3.11. The van der Waals surface area contributed by atoms with Gasteiger partial charge in [-0.3, -0.25) is 4.79 Å². The Kier molecular flexibility index (Phi) is 2.68. The van der Waals surface area contributed by atoms with Crippen LogP contribution in [-0.2, 0) is 4.79 Å². The Morgan fingerprint density at radius 3 is 2.31 bits per heavy atom. The van der Waals surface area contributed by atoms with E-state index in [-0.39, 0.29) is 0 Å². The molecule has 90 valence electrons. The van der Waals surface area contributed by atoms with Gasteiger partial charge in [0.05, 0.1) is 0 Å². The first-order valence-corrected chi connectivity index (χ1v) is 7.06. The lowest BCUT2D eigenvalue weighted by atomic mass is 10.0. The molecule has 0 bridgehead atoms. The summed E-state index contributed by atoms with van der Waals surface area (Å²) in [5, 5.41) is 3.29. The maximum Gasteiger partial charge on any atom is 0.223 e. The zero-order valence-corrected chi connectivity index (χ0v) is 10.2. The van der Waals surface area contributed by atoms with Crippen LogP contribution in [0.4, 0.5) is 0 Å². The minimum Gasteiger partial charge on any atom is -0.353 e. The third-order valence-corrected chi connectivity index (χ3v) is 5.00. The number of carbonyl (C=O) groups excluding carboxylic acids is 1. The summed E-state index contributed by atoms with van der Waals surface area (Å²) in [6, 6.07) is 0.491. The van der Waals surface area contributed by atoms with Crippen LogP contribution in [0.2, 0.25) is 0 Å². The highest BCUT2D eigenvalue weighted by atomic mass is 16.2. The molecule has 3 fully saturated rings. The van der Waals surface area contributed by atoms with Crippen LogP contribution in [0.25, 0.3) is 0 Å². The van der Waals surface area contributed by atoms with Crippen molar-refractivity contribution in [1.29, 1.82) is 0 Å². The molecule has 3 saturated carbocycles. The highest BCUT2D eigenvalue weighted by Crippen LogP contribution is 2.55. The van der Waals surface area contributed by atoms with Crippen LogP contribution in [0.1, 0.15) is 51.9 Å². The van der Waals surface area contributed by atoms with Crippen LogP contribution >= 0.6 is 0 Å². The average Bonchev–Trinajstić information content (AvgIpc) is 2.88. The second kappa shape index (κ2) is 4.05. The lowest BCUT2D eigenvalue weighted by Crippen LogP contribution is -2.34. The average molecular weight is 221 g/mol. The van der Waals surface area contributed by atoms with Gasteiger partial charge < -0.3 is 5.32 Å². The third-order valence-electron chi connectivity index (χ3n) is 5.00. The summed E-state index contributed by atoms with van der Waals surface area (Å²) < 4.78 is 0. The molecule has 4 atom stereocenters. The van der Waals surface area contributed by atoms with Crippen molar-refractivity contribution >= 4 is 5.91 Å². The SMILES string of the molecule is CC1CCC(NC(=O)C2C3CCCCC32)C1. The first kappa shape index (κ1) is 10.6. The standard InChI is InChI=1S/C14H23NO/c1-9-6-7-10(8-9)15-14(16)13-11-4-2-3-5-12(11)13/h9-13H,2-8H2,1H3,(H,15,16). The van der Waals surface area contributed by atoms with E-state index in [1.807, 2.05) is 0 Å². The summed E-state index contributed by atoms with van der Waals surface area (Å²) in [6.07, 6.45) is 9.02. The normalized spacial score (nSPS) is 46.2. The maximum absolute atomic E-state index is 12.1. The van der Waals surface area contributed by atoms with Crippen LogP contribution in [0.5, 0.6) is 0 Å². The van der Waals surface area contributed by atoms with Gasteiger partial charge in [0.25, 0.3) is 0 Å². The van der Waals surface area contributed by atoms with E-state index in [9.17, 15) is 4.79 Å². The molecule has 1 amide bonds. The summed E-state index contributed by atoms with van der Waals surface area (Å²) in [4.78, 5) is 12.1. The minimum atomic E-state index is 0.385. The number of rotatable bonds is 2. The maximum atomic E-state index is 12.1. The minimum absolute atomic E-state index is 0.385. The van der Waals surface area contributed by atoms with Crippen molar-refractivity contribution in [1.82, 2.24) is 5.32 Å². The fourth-order valence-corrected chi connectivity index (χ4v) is 4.02. The highest BCUT2D eigenvalue weighted by Gasteiger charge is 2.54. The Bertz CT molecular complexity index is 276. The predicted molar refractivity (Wildman–Crippen MR) is 63.9 cm³/mol. The topological polar surface area (TPSA) is 29.1 Å². The van der Waals surface area contributed by atoms with Crippen LogP contribution in [0.15, 0.2) is 0 Å². The molecule has 0 spiro atoms. The molecule has 0 heterocycles. The van der Waals surface area contributed by atoms with Crippen molar-refractivity contribution in [2.24, 2.45) is 23.7 Å². The zero-order valence-electron chi connectivity index (χ0n) is 10.2. The summed E-state index contributed by atoms with van der Waals surface area (Å²) in [6.45, 7) is 2.29. The van der Waals surface area contributed by atoms with Crippen molar-refractivity contribution in [3.05, 3.63) is 0 Å². The molecular formula is C14H23NO. The van der Waals surface area contributed by atoms with Gasteiger partial charge >= 0.3 is 0 Å². The third kappa shape index (κ3) is 1.87. The Hall–Kier alpha value is -0.530. The second-order valence-corrected chi connectivity index (χ2v) is 6.26. The number of nitrogens with one attached hydrogen (secondary N) is 1. The van der Waals surface area contributed by atoms with Crippen LogP contribution < -0.4 is 5.32 Å². The number of fused-ring (bicyclic) bond motifs is 1. The molecule has 0 aromatic carbocycles. The fourth-order valence-electron chi connectivity index (χ4n) is 4.02. The van der Waals surface area contributed by atoms with E-state index in [2.05, 4.69) is 12.2 Å². The van der Waals surface area contributed by atoms with Crippen LogP contribution in [0, 0.1) is 23.7 Å². The molecule has 0 saturated heterocycles. The summed E-state index contributed by atoms with van der Waals surface area (Å²) in [5.41, 5.74) is 0. The molecular weight excluding hydrogens is 198 g/mol. The highest BCUT2D eigenvalue weighted by molar-refractivity contribution is 5.82. The van der Waals surface area contributed by atoms with Crippen molar-refractivity contribution in [2.45, 2.75) is 57.9 Å². The molecule has 0 aromatic rings. The largest absolute Gasteiger partial charge is 0.353 e. The Balaban J connectivity index is 1.51. The van der Waals surface area contributed by atoms with Crippen molar-refractivity contribution in [3.8, 4) is 0 Å². The monoisotopic (exact) mass is 221 g/mol. The van der Waals surface area contributed by atoms with Gasteiger partial charge in [-0.1, -0.05) is 19.8 Å². The van der Waals surface area contributed by atoms with Crippen molar-refractivity contribution < 1.29 is 4.79 Å². The Morgan fingerprint density at radius 1 is 1.06 bits per heavy atom. The smallest absolute Gasteiger partial charge is 0.223 e. The van der Waals surface area contributed by atoms with E-state index in [0.29, 0.717) is 17.9 Å². The van der Waals surface area contributed by atoms with Gasteiger partial charge in [0.2, 0.25) is 5.91 Å². The molecule has 2 nitrogen and oxygen atoms in total. The molecule has 1 N–H and O–H groups in total. The number of hydrogen-bond donors (Lipinski definition) is 1. The molecule has 3 aliphatic rings. The molecule has 2 heteroatoms. The zero-order chi connectivity index (χ0) is 11.1. The predicted octanol–water partition coefficient (Wildman–Crippen LogP) is 2.73. The van der Waals surface area contributed by atoms with Gasteiger partial charge in [0.1, 0.15) is 0 Å². The lowest BCUT2D eigenvalue weighted by molar-refractivity contribution is -0.123. The van der Waals surface area contributed by atoms with E-state index in [1.54, 1.807) is 0 Å². The van der Waals surface area contributed by atoms with E-state index in [0.717, 1.165) is 17.8 Å². The van der Waals surface area contributed by atoms with E-state index in [1.165, 1.54) is 44.9 Å². The summed E-state index contributed by atoms with van der Waals surface area (Å²) in [7, 11) is 0.